The Labute approximate surface area is 158 Å². The molecule has 0 aromatic heterocycles. The fraction of sp³-hybridized carbons (Fsp3) is 0.238. The molecule has 0 bridgehead atoms. The second-order valence-electron chi connectivity index (χ2n) is 6.31. The Morgan fingerprint density at radius 2 is 2.04 bits per heavy atom. The predicted octanol–water partition coefficient (Wildman–Crippen LogP) is 4.33. The summed E-state index contributed by atoms with van der Waals surface area (Å²) >= 11 is 6.02. The summed E-state index contributed by atoms with van der Waals surface area (Å²) in [5.74, 6) is -0.0812. The molecule has 0 saturated carbocycles. The molecule has 1 N–H and O–H groups in total. The van der Waals surface area contributed by atoms with E-state index >= 15 is 0 Å². The van der Waals surface area contributed by atoms with Crippen molar-refractivity contribution >= 4 is 28.8 Å². The lowest BCUT2D eigenvalue weighted by Gasteiger charge is -2.31. The maximum Gasteiger partial charge on any atom is 0.241 e. The number of carbonyl (C=O) groups excluding carboxylic acids is 1. The predicted molar refractivity (Wildman–Crippen MR) is 105 cm³/mol. The minimum Gasteiger partial charge on any atom is -0.325 e. The first-order valence-corrected chi connectivity index (χ1v) is 8.95. The van der Waals surface area contributed by atoms with Crippen LogP contribution in [0.5, 0.6) is 0 Å². The average molecular weight is 366 g/mol. The van der Waals surface area contributed by atoms with Gasteiger partial charge in [-0.25, -0.2) is 0 Å². The summed E-state index contributed by atoms with van der Waals surface area (Å²) < 4.78 is 0. The first-order chi connectivity index (χ1) is 12.6. The van der Waals surface area contributed by atoms with Crippen LogP contribution in [-0.4, -0.2) is 29.9 Å². The van der Waals surface area contributed by atoms with Crippen LogP contribution < -0.4 is 5.32 Å². The zero-order chi connectivity index (χ0) is 18.5. The lowest BCUT2D eigenvalue weighted by molar-refractivity contribution is -0.120. The number of nitriles is 1. The molecule has 0 radical (unpaired) electrons. The van der Waals surface area contributed by atoms with E-state index in [-0.39, 0.29) is 11.9 Å². The highest BCUT2D eigenvalue weighted by molar-refractivity contribution is 6.32. The largest absolute Gasteiger partial charge is 0.325 e. The van der Waals surface area contributed by atoms with Gasteiger partial charge in [-0.1, -0.05) is 48.0 Å². The van der Waals surface area contributed by atoms with Crippen molar-refractivity contribution in [2.45, 2.75) is 19.4 Å². The van der Waals surface area contributed by atoms with Gasteiger partial charge in [-0.3, -0.25) is 9.69 Å². The van der Waals surface area contributed by atoms with Crippen LogP contribution in [0.2, 0.25) is 5.02 Å². The third-order valence-corrected chi connectivity index (χ3v) is 4.98. The molecule has 0 spiro atoms. The topological polar surface area (TPSA) is 56.1 Å². The van der Waals surface area contributed by atoms with Gasteiger partial charge in [0, 0.05) is 18.8 Å². The fourth-order valence-corrected chi connectivity index (χ4v) is 3.27. The van der Waals surface area contributed by atoms with E-state index < -0.39 is 0 Å². The van der Waals surface area contributed by atoms with Crippen LogP contribution >= 0.6 is 11.6 Å². The van der Waals surface area contributed by atoms with E-state index in [1.807, 2.05) is 31.2 Å². The van der Waals surface area contributed by atoms with Crippen molar-refractivity contribution in [2.24, 2.45) is 0 Å². The van der Waals surface area contributed by atoms with Crippen LogP contribution in [0.1, 0.15) is 24.5 Å². The standard InChI is InChI=1S/C21H20ClN3O/c1-15(21(26)24-19-8-7-18(14-23)20(22)13-19)25-11-9-17(10-12-25)16-5-3-2-4-6-16/h2-9,13,15H,10-12H2,1H3,(H,24,26)/t15-/m0/s1. The van der Waals surface area contributed by atoms with E-state index in [0.717, 1.165) is 19.5 Å². The maximum absolute atomic E-state index is 12.5. The van der Waals surface area contributed by atoms with Gasteiger partial charge in [-0.15, -0.1) is 0 Å². The van der Waals surface area contributed by atoms with Gasteiger partial charge in [0.2, 0.25) is 5.91 Å². The van der Waals surface area contributed by atoms with Gasteiger partial charge in [0.25, 0.3) is 0 Å². The minimum absolute atomic E-state index is 0.0812. The Hall–Kier alpha value is -2.61. The van der Waals surface area contributed by atoms with E-state index in [2.05, 4.69) is 28.4 Å². The van der Waals surface area contributed by atoms with Gasteiger partial charge in [0.05, 0.1) is 16.6 Å². The monoisotopic (exact) mass is 365 g/mol. The third kappa shape index (κ3) is 4.13. The third-order valence-electron chi connectivity index (χ3n) is 4.67. The molecule has 4 nitrogen and oxygen atoms in total. The summed E-state index contributed by atoms with van der Waals surface area (Å²) in [7, 11) is 0. The van der Waals surface area contributed by atoms with Crippen molar-refractivity contribution in [1.29, 1.82) is 5.26 Å². The number of hydrogen-bond donors (Lipinski definition) is 1. The Kier molecular flexibility index (Phi) is 5.72. The van der Waals surface area contributed by atoms with Crippen LogP contribution in [-0.2, 0) is 4.79 Å². The van der Waals surface area contributed by atoms with Crippen LogP contribution in [0, 0.1) is 11.3 Å². The van der Waals surface area contributed by atoms with Crippen molar-refractivity contribution in [1.82, 2.24) is 4.90 Å². The molecule has 2 aromatic rings. The lowest BCUT2D eigenvalue weighted by Crippen LogP contribution is -2.44. The molecule has 132 valence electrons. The average Bonchev–Trinajstić information content (AvgIpc) is 2.68. The van der Waals surface area contributed by atoms with Crippen molar-refractivity contribution in [3.8, 4) is 6.07 Å². The fourth-order valence-electron chi connectivity index (χ4n) is 3.05. The van der Waals surface area contributed by atoms with Crippen LogP contribution in [0.3, 0.4) is 0 Å². The van der Waals surface area contributed by atoms with Gasteiger partial charge in [-0.05, 0) is 42.7 Å². The number of amides is 1. The number of halogens is 1. The molecule has 1 amide bonds. The van der Waals surface area contributed by atoms with Crippen molar-refractivity contribution in [3.63, 3.8) is 0 Å². The molecule has 1 atom stereocenters. The lowest BCUT2D eigenvalue weighted by atomic mass is 9.99. The zero-order valence-electron chi connectivity index (χ0n) is 14.6. The first-order valence-electron chi connectivity index (χ1n) is 8.57. The quantitative estimate of drug-likeness (QED) is 0.877. The van der Waals surface area contributed by atoms with Gasteiger partial charge in [-0.2, -0.15) is 5.26 Å². The van der Waals surface area contributed by atoms with Gasteiger partial charge >= 0.3 is 0 Å². The Morgan fingerprint density at radius 1 is 1.27 bits per heavy atom. The van der Waals surface area contributed by atoms with Crippen molar-refractivity contribution in [3.05, 3.63) is 70.8 Å². The van der Waals surface area contributed by atoms with E-state index in [0.29, 0.717) is 16.3 Å². The second-order valence-corrected chi connectivity index (χ2v) is 6.72. The van der Waals surface area contributed by atoms with Crippen molar-refractivity contribution < 1.29 is 4.79 Å². The SMILES string of the molecule is C[C@@H](C(=O)Nc1ccc(C#N)c(Cl)c1)N1CC=C(c2ccccc2)CC1. The Morgan fingerprint density at radius 3 is 2.65 bits per heavy atom. The Bertz CT molecular complexity index is 871. The smallest absolute Gasteiger partial charge is 0.241 e. The highest BCUT2D eigenvalue weighted by Crippen LogP contribution is 2.24. The van der Waals surface area contributed by atoms with Gasteiger partial charge in [0.1, 0.15) is 6.07 Å². The van der Waals surface area contributed by atoms with Gasteiger partial charge < -0.3 is 5.32 Å². The molecule has 1 heterocycles. The highest BCUT2D eigenvalue weighted by atomic mass is 35.5. The molecule has 0 fully saturated rings. The minimum atomic E-state index is -0.252. The summed E-state index contributed by atoms with van der Waals surface area (Å²) in [5.41, 5.74) is 3.57. The van der Waals surface area contributed by atoms with E-state index in [4.69, 9.17) is 16.9 Å². The number of rotatable bonds is 4. The number of hydrogen-bond acceptors (Lipinski definition) is 3. The maximum atomic E-state index is 12.5. The van der Waals surface area contributed by atoms with E-state index in [1.54, 1.807) is 18.2 Å². The second kappa shape index (κ2) is 8.18. The summed E-state index contributed by atoms with van der Waals surface area (Å²) in [4.78, 5) is 14.7. The molecule has 2 aromatic carbocycles. The number of nitrogens with zero attached hydrogens (tertiary/aromatic N) is 2. The van der Waals surface area contributed by atoms with E-state index in [1.165, 1.54) is 11.1 Å². The molecule has 1 aliphatic rings. The van der Waals surface area contributed by atoms with Crippen molar-refractivity contribution in [2.75, 3.05) is 18.4 Å². The Balaban J connectivity index is 1.62. The molecular weight excluding hydrogens is 346 g/mol. The normalized spacial score (nSPS) is 15.7. The molecule has 5 heteroatoms. The molecular formula is C21H20ClN3O. The summed E-state index contributed by atoms with van der Waals surface area (Å²) in [6.07, 6.45) is 3.12. The molecule has 3 rings (SSSR count). The zero-order valence-corrected chi connectivity index (χ0v) is 15.3. The molecule has 26 heavy (non-hydrogen) atoms. The molecule has 0 aliphatic carbocycles. The number of benzene rings is 2. The summed E-state index contributed by atoms with van der Waals surface area (Å²) in [6, 6.07) is 17.0. The van der Waals surface area contributed by atoms with Crippen LogP contribution in [0.15, 0.2) is 54.6 Å². The number of carbonyl (C=O) groups is 1. The number of nitrogens with one attached hydrogen (secondary N) is 1. The van der Waals surface area contributed by atoms with E-state index in [9.17, 15) is 4.79 Å². The van der Waals surface area contributed by atoms with Crippen LogP contribution in [0.25, 0.3) is 5.57 Å². The molecule has 0 saturated heterocycles. The summed E-state index contributed by atoms with van der Waals surface area (Å²) in [6.45, 7) is 3.48. The summed E-state index contributed by atoms with van der Waals surface area (Å²) in [5, 5.41) is 12.1. The molecule has 0 unspecified atom stereocenters. The first kappa shape index (κ1) is 18.2. The van der Waals surface area contributed by atoms with Crippen LogP contribution in [0.4, 0.5) is 5.69 Å². The highest BCUT2D eigenvalue weighted by Gasteiger charge is 2.23. The molecule has 1 aliphatic heterocycles. The number of anilines is 1. The van der Waals surface area contributed by atoms with Gasteiger partial charge in [0.15, 0.2) is 0 Å².